The molecule has 214 valence electrons. The molecule has 1 atom stereocenters. The summed E-state index contributed by atoms with van der Waals surface area (Å²) >= 11 is 8.95. The Hall–Kier alpha value is -3.86. The van der Waals surface area contributed by atoms with Crippen molar-refractivity contribution in [3.8, 4) is 11.5 Å². The van der Waals surface area contributed by atoms with Gasteiger partial charge in [0.2, 0.25) is 5.13 Å². The summed E-state index contributed by atoms with van der Waals surface area (Å²) in [6.07, 6.45) is 0. The molecule has 11 heteroatoms. The van der Waals surface area contributed by atoms with Gasteiger partial charge in [-0.1, -0.05) is 91.0 Å². The minimum absolute atomic E-state index is 0.0329. The van der Waals surface area contributed by atoms with E-state index in [2.05, 4.69) is 24.0 Å². The molecule has 6 rings (SSSR count). The molecule has 0 spiro atoms. The molecule has 0 bridgehead atoms. The van der Waals surface area contributed by atoms with Gasteiger partial charge in [0.05, 0.1) is 11.6 Å². The molecule has 0 saturated carbocycles. The average molecular weight is 620 g/mol. The molecule has 0 aliphatic carbocycles. The lowest BCUT2D eigenvalue weighted by Crippen LogP contribution is -2.29. The number of aliphatic hydroxyl groups is 1. The first-order chi connectivity index (χ1) is 20.3. The zero-order valence-electron chi connectivity index (χ0n) is 22.7. The number of aliphatic hydroxyl groups excluding tert-OH is 1. The van der Waals surface area contributed by atoms with Gasteiger partial charge in [0.25, 0.3) is 5.78 Å². The van der Waals surface area contributed by atoms with E-state index in [-0.39, 0.29) is 16.5 Å². The number of rotatable bonds is 7. The van der Waals surface area contributed by atoms with Crippen LogP contribution in [0.5, 0.6) is 11.5 Å². The van der Waals surface area contributed by atoms with Crippen LogP contribution in [0.3, 0.4) is 0 Å². The van der Waals surface area contributed by atoms with E-state index in [0.717, 1.165) is 11.1 Å². The Bertz CT molecular complexity index is 1700. The number of hydrogen-bond donors (Lipinski definition) is 1. The smallest absolute Gasteiger partial charge is 0.301 e. The molecule has 3 heterocycles. The van der Waals surface area contributed by atoms with Gasteiger partial charge in [-0.3, -0.25) is 14.5 Å². The minimum atomic E-state index is -0.909. The van der Waals surface area contributed by atoms with Crippen molar-refractivity contribution >= 4 is 57.3 Å². The number of benzene rings is 3. The van der Waals surface area contributed by atoms with Crippen molar-refractivity contribution in [2.75, 3.05) is 18.1 Å². The summed E-state index contributed by atoms with van der Waals surface area (Å²) in [6.45, 7) is 4.98. The second-order valence-electron chi connectivity index (χ2n) is 10.1. The van der Waals surface area contributed by atoms with Crippen molar-refractivity contribution in [3.05, 3.63) is 99.6 Å². The molecular weight excluding hydrogens is 594 g/mol. The number of carbonyl (C=O) groups is 2. The van der Waals surface area contributed by atoms with E-state index < -0.39 is 17.7 Å². The number of ketones is 1. The third kappa shape index (κ3) is 5.37. The zero-order valence-corrected chi connectivity index (χ0v) is 25.1. The first-order valence-electron chi connectivity index (χ1n) is 13.3. The summed E-state index contributed by atoms with van der Waals surface area (Å²) in [6, 6.07) is 19.3. The molecule has 42 heavy (non-hydrogen) atoms. The zero-order chi connectivity index (χ0) is 29.4. The number of carbonyl (C=O) groups excluding carboxylic acids is 2. The fourth-order valence-corrected chi connectivity index (χ4v) is 7.02. The van der Waals surface area contributed by atoms with Crippen molar-refractivity contribution in [2.24, 2.45) is 0 Å². The van der Waals surface area contributed by atoms with E-state index >= 15 is 0 Å². The second kappa shape index (κ2) is 11.8. The number of hydrogen-bond acceptors (Lipinski definition) is 9. The molecule has 3 aromatic carbocycles. The lowest BCUT2D eigenvalue weighted by molar-refractivity contribution is -0.132. The fourth-order valence-electron chi connectivity index (χ4n) is 4.87. The highest BCUT2D eigenvalue weighted by molar-refractivity contribution is 8.00. The Kier molecular flexibility index (Phi) is 7.94. The highest BCUT2D eigenvalue weighted by Crippen LogP contribution is 2.45. The maximum absolute atomic E-state index is 13.6. The summed E-state index contributed by atoms with van der Waals surface area (Å²) in [7, 11) is 0. The van der Waals surface area contributed by atoms with E-state index in [9.17, 15) is 14.7 Å². The molecule has 2 aliphatic heterocycles. The van der Waals surface area contributed by atoms with E-state index in [1.807, 2.05) is 48.5 Å². The molecule has 1 fully saturated rings. The Morgan fingerprint density at radius 3 is 2.52 bits per heavy atom. The topological polar surface area (TPSA) is 102 Å². The van der Waals surface area contributed by atoms with Crippen molar-refractivity contribution in [2.45, 2.75) is 35.9 Å². The summed E-state index contributed by atoms with van der Waals surface area (Å²) in [4.78, 5) is 28.5. The number of halogens is 1. The predicted octanol–water partition coefficient (Wildman–Crippen LogP) is 7.00. The molecule has 1 aromatic heterocycles. The quantitative estimate of drug-likeness (QED) is 0.0775. The van der Waals surface area contributed by atoms with Gasteiger partial charge in [-0.2, -0.15) is 0 Å². The minimum Gasteiger partial charge on any atom is -0.507 e. The molecule has 1 amide bonds. The van der Waals surface area contributed by atoms with Gasteiger partial charge in [-0.05, 0) is 46.9 Å². The molecule has 1 N–H and O–H groups in total. The van der Waals surface area contributed by atoms with Crippen LogP contribution in [-0.2, 0) is 15.3 Å². The summed E-state index contributed by atoms with van der Waals surface area (Å²) < 4.78 is 11.9. The van der Waals surface area contributed by atoms with Crippen molar-refractivity contribution in [1.82, 2.24) is 10.2 Å². The van der Waals surface area contributed by atoms with Gasteiger partial charge in [0.1, 0.15) is 19.0 Å². The van der Waals surface area contributed by atoms with Crippen LogP contribution in [0.25, 0.3) is 5.76 Å². The normalized spacial score (nSPS) is 17.7. The molecule has 1 unspecified atom stereocenters. The van der Waals surface area contributed by atoms with Crippen LogP contribution in [0.15, 0.2) is 76.6 Å². The van der Waals surface area contributed by atoms with Crippen LogP contribution >= 0.6 is 34.7 Å². The van der Waals surface area contributed by atoms with Crippen molar-refractivity contribution in [1.29, 1.82) is 0 Å². The van der Waals surface area contributed by atoms with Gasteiger partial charge in [-0.15, -0.1) is 10.2 Å². The highest BCUT2D eigenvalue weighted by Gasteiger charge is 2.48. The molecule has 8 nitrogen and oxygen atoms in total. The Balaban J connectivity index is 1.40. The number of ether oxygens (including phenoxy) is 2. The highest BCUT2D eigenvalue weighted by atomic mass is 35.5. The predicted molar refractivity (Wildman–Crippen MR) is 164 cm³/mol. The largest absolute Gasteiger partial charge is 0.507 e. The maximum atomic E-state index is 13.6. The van der Waals surface area contributed by atoms with Gasteiger partial charge < -0.3 is 14.6 Å². The van der Waals surface area contributed by atoms with Crippen molar-refractivity contribution < 1.29 is 24.2 Å². The summed E-state index contributed by atoms with van der Waals surface area (Å²) in [5.74, 6) is -0.0206. The maximum Gasteiger partial charge on any atom is 0.301 e. The van der Waals surface area contributed by atoms with E-state index in [4.69, 9.17) is 21.1 Å². The monoisotopic (exact) mass is 619 g/mol. The number of Topliss-reactive ketones (excluding diaryl/α,β-unsaturated/α-hetero) is 1. The third-order valence-electron chi connectivity index (χ3n) is 7.09. The Morgan fingerprint density at radius 1 is 1.05 bits per heavy atom. The number of nitrogens with zero attached hydrogens (tertiary/aromatic N) is 3. The molecule has 4 aromatic rings. The van der Waals surface area contributed by atoms with Gasteiger partial charge in [0.15, 0.2) is 15.8 Å². The van der Waals surface area contributed by atoms with Crippen molar-refractivity contribution in [3.63, 3.8) is 0 Å². The summed E-state index contributed by atoms with van der Waals surface area (Å²) in [5.41, 5.74) is 3.03. The van der Waals surface area contributed by atoms with Crippen LogP contribution < -0.4 is 14.4 Å². The lowest BCUT2D eigenvalue weighted by atomic mass is 9.93. The summed E-state index contributed by atoms with van der Waals surface area (Å²) in [5, 5.41) is 21.0. The number of fused-ring (bicyclic) bond motifs is 1. The standard InChI is InChI=1S/C31H26ClN3O5S2/c1-17(2)18-7-9-19(10-8-18)26-25(27(36)20-11-12-23-24(15-20)40-14-13-39-23)28(37)29(38)35(26)30-33-34-31(42-30)41-16-21-5-3-4-6-22(21)32/h3-12,15,17,26,36H,13-14,16H2,1-2H3/b27-25+. The number of amides is 1. The van der Waals surface area contributed by atoms with Crippen LogP contribution in [0.4, 0.5) is 5.13 Å². The Morgan fingerprint density at radius 2 is 1.79 bits per heavy atom. The molecule has 0 radical (unpaired) electrons. The number of aromatic nitrogens is 2. The van der Waals surface area contributed by atoms with Crippen LogP contribution in [0, 0.1) is 0 Å². The van der Waals surface area contributed by atoms with E-state index in [1.165, 1.54) is 28.0 Å². The molecule has 2 aliphatic rings. The SMILES string of the molecule is CC(C)c1ccc(C2/C(=C(\O)c3ccc4c(c3)OCCO4)C(=O)C(=O)N2c2nnc(SCc3ccccc3Cl)s2)cc1. The molecular formula is C31H26ClN3O5S2. The fraction of sp³-hybridized carbons (Fsp3) is 0.226. The average Bonchev–Trinajstić information content (AvgIpc) is 3.57. The van der Waals surface area contributed by atoms with Gasteiger partial charge in [-0.25, -0.2) is 0 Å². The lowest BCUT2D eigenvalue weighted by Gasteiger charge is -2.23. The van der Waals surface area contributed by atoms with E-state index in [1.54, 1.807) is 18.2 Å². The number of anilines is 1. The van der Waals surface area contributed by atoms with Crippen LogP contribution in [0.2, 0.25) is 5.02 Å². The Labute approximate surface area is 255 Å². The van der Waals surface area contributed by atoms with Gasteiger partial charge >= 0.3 is 5.91 Å². The van der Waals surface area contributed by atoms with E-state index in [0.29, 0.717) is 56.9 Å². The van der Waals surface area contributed by atoms with Crippen LogP contribution in [-0.4, -0.2) is 40.2 Å². The second-order valence-corrected chi connectivity index (χ2v) is 12.7. The van der Waals surface area contributed by atoms with Gasteiger partial charge in [0, 0.05) is 16.3 Å². The molecule has 1 saturated heterocycles. The first-order valence-corrected chi connectivity index (χ1v) is 15.5. The third-order valence-corrected chi connectivity index (χ3v) is 9.56. The number of thioether (sulfide) groups is 1. The van der Waals surface area contributed by atoms with Crippen LogP contribution in [0.1, 0.15) is 48.1 Å². The first kappa shape index (κ1) is 28.3.